The normalized spacial score (nSPS) is 20.3. The van der Waals surface area contributed by atoms with Gasteiger partial charge < -0.3 is 45.2 Å². The molecule has 4 fully saturated rings. The first-order valence-corrected chi connectivity index (χ1v) is 21.9. The van der Waals surface area contributed by atoms with Crippen molar-refractivity contribution in [2.24, 2.45) is 11.8 Å². The Morgan fingerprint density at radius 1 is 0.661 bits per heavy atom. The standard InChI is InChI=1S/C46H55N9O6.ClH/c1-60-45(58)51-39(27-9-3-4-10-27)43(56)54-21-7-13-37(54)41-47-26-36(50-41)33-18-17-29-23-30(15-16-31(29)24-33)32-19-20-34-35(25-32)49-42(48-34)38-14-8-22-55(38)44(57)52-40(53-46(59)61-2)28-11-5-6-12-28;/h15-20,23-28,37-40H,3-14,21-22H2,1-2H3,(H,47,50)(H,48,49)(H,51,58)(H,52,57)(H,53,59);1H/t37-,38-,39-,40-;/m0./s1. The second-order valence-electron chi connectivity index (χ2n) is 17.1. The van der Waals surface area contributed by atoms with E-state index in [1.165, 1.54) is 14.2 Å². The fourth-order valence-corrected chi connectivity index (χ4v) is 10.2. The van der Waals surface area contributed by atoms with Gasteiger partial charge in [0, 0.05) is 18.7 Å². The first-order chi connectivity index (χ1) is 29.8. The number of fused-ring (bicyclic) bond motifs is 2. The molecule has 4 aliphatic rings. The maximum absolute atomic E-state index is 14.0. The predicted molar refractivity (Wildman–Crippen MR) is 237 cm³/mol. The largest absolute Gasteiger partial charge is 0.453 e. The monoisotopic (exact) mass is 865 g/mol. The summed E-state index contributed by atoms with van der Waals surface area (Å²) in [5, 5.41) is 11.0. The molecule has 5 aromatic rings. The molecule has 5 N–H and O–H groups in total. The van der Waals surface area contributed by atoms with E-state index >= 15 is 0 Å². The minimum atomic E-state index is -0.601. The van der Waals surface area contributed by atoms with Crippen LogP contribution in [-0.4, -0.2) is 93.4 Å². The number of alkyl carbamates (subject to hydrolysis) is 2. The second-order valence-corrected chi connectivity index (χ2v) is 17.1. The van der Waals surface area contributed by atoms with E-state index in [0.29, 0.717) is 13.1 Å². The lowest BCUT2D eigenvalue weighted by Gasteiger charge is -2.31. The van der Waals surface area contributed by atoms with E-state index < -0.39 is 24.4 Å². The highest BCUT2D eigenvalue weighted by molar-refractivity contribution is 5.92. The topological polar surface area (TPSA) is 187 Å². The predicted octanol–water partition coefficient (Wildman–Crippen LogP) is 8.49. The number of ether oxygens (including phenoxy) is 2. The Morgan fingerprint density at radius 2 is 1.26 bits per heavy atom. The summed E-state index contributed by atoms with van der Waals surface area (Å²) in [5.74, 6) is 1.72. The summed E-state index contributed by atoms with van der Waals surface area (Å²) in [6, 6.07) is 17.8. The molecule has 4 atom stereocenters. The number of imidazole rings is 2. The number of methoxy groups -OCH3 is 2. The average Bonchev–Trinajstić information content (AvgIpc) is 4.14. The summed E-state index contributed by atoms with van der Waals surface area (Å²) < 4.78 is 9.73. The first kappa shape index (κ1) is 42.8. The molecule has 9 rings (SSSR count). The number of H-pyrrole nitrogens is 2. The highest BCUT2D eigenvalue weighted by Crippen LogP contribution is 2.37. The van der Waals surface area contributed by atoms with Crippen molar-refractivity contribution in [3.63, 3.8) is 0 Å². The summed E-state index contributed by atoms with van der Waals surface area (Å²) in [7, 11) is 2.66. The Balaban J connectivity index is 0.00000529. The van der Waals surface area contributed by atoms with Gasteiger partial charge in [0.2, 0.25) is 5.91 Å². The van der Waals surface area contributed by atoms with Crippen LogP contribution in [0.4, 0.5) is 14.4 Å². The second kappa shape index (κ2) is 18.6. The lowest BCUT2D eigenvalue weighted by Crippen LogP contribution is -2.55. The van der Waals surface area contributed by atoms with E-state index in [9.17, 15) is 19.2 Å². The maximum Gasteiger partial charge on any atom is 0.408 e. The van der Waals surface area contributed by atoms with E-state index in [2.05, 4.69) is 74.4 Å². The van der Waals surface area contributed by atoms with Crippen LogP contribution in [0.15, 0.2) is 60.8 Å². The molecule has 4 heterocycles. The van der Waals surface area contributed by atoms with E-state index in [0.717, 1.165) is 133 Å². The van der Waals surface area contributed by atoms with Crippen molar-refractivity contribution >= 4 is 58.3 Å². The van der Waals surface area contributed by atoms with Crippen LogP contribution >= 0.6 is 12.4 Å². The highest BCUT2D eigenvalue weighted by atomic mass is 35.5. The number of hydrogen-bond acceptors (Lipinski definition) is 8. The van der Waals surface area contributed by atoms with Gasteiger partial charge >= 0.3 is 18.2 Å². The third-order valence-electron chi connectivity index (χ3n) is 13.5. The molecule has 2 saturated carbocycles. The van der Waals surface area contributed by atoms with E-state index in [1.807, 2.05) is 22.1 Å². The van der Waals surface area contributed by atoms with E-state index in [-0.39, 0.29) is 48.3 Å². The van der Waals surface area contributed by atoms with Gasteiger partial charge in [-0.05, 0) is 109 Å². The van der Waals surface area contributed by atoms with Gasteiger partial charge in [0.15, 0.2) is 0 Å². The molecule has 15 nitrogen and oxygen atoms in total. The molecular formula is C46H56ClN9O6. The van der Waals surface area contributed by atoms with Gasteiger partial charge in [-0.15, -0.1) is 12.4 Å². The molecule has 0 spiro atoms. The molecule has 0 bridgehead atoms. The van der Waals surface area contributed by atoms with Crippen molar-refractivity contribution in [1.82, 2.24) is 45.7 Å². The van der Waals surface area contributed by atoms with Crippen molar-refractivity contribution in [2.45, 2.75) is 101 Å². The summed E-state index contributed by atoms with van der Waals surface area (Å²) in [5.41, 5.74) is 5.74. The summed E-state index contributed by atoms with van der Waals surface area (Å²) >= 11 is 0. The van der Waals surface area contributed by atoms with Crippen molar-refractivity contribution < 1.29 is 28.7 Å². The molecule has 62 heavy (non-hydrogen) atoms. The van der Waals surface area contributed by atoms with Crippen LogP contribution in [0.25, 0.3) is 44.2 Å². The zero-order chi connectivity index (χ0) is 42.0. The number of likely N-dealkylation sites (tertiary alicyclic amines) is 2. The zero-order valence-corrected chi connectivity index (χ0v) is 36.1. The molecule has 5 amide bonds. The smallest absolute Gasteiger partial charge is 0.408 e. The molecule has 2 aliphatic carbocycles. The van der Waals surface area contributed by atoms with Gasteiger partial charge in [0.25, 0.3) is 0 Å². The minimum absolute atomic E-state index is 0. The van der Waals surface area contributed by atoms with Crippen LogP contribution in [0.1, 0.15) is 101 Å². The van der Waals surface area contributed by atoms with Crippen LogP contribution in [0.5, 0.6) is 0 Å². The molecule has 0 radical (unpaired) electrons. The van der Waals surface area contributed by atoms with Crippen molar-refractivity contribution in [1.29, 1.82) is 0 Å². The Kier molecular flexibility index (Phi) is 12.9. The number of hydrogen-bond donors (Lipinski definition) is 5. The van der Waals surface area contributed by atoms with Gasteiger partial charge in [0.1, 0.15) is 23.9 Å². The van der Waals surface area contributed by atoms with Crippen LogP contribution in [0.3, 0.4) is 0 Å². The highest BCUT2D eigenvalue weighted by Gasteiger charge is 2.41. The number of urea groups is 1. The van der Waals surface area contributed by atoms with Crippen molar-refractivity contribution in [3.05, 3.63) is 72.4 Å². The summed E-state index contributed by atoms with van der Waals surface area (Å²) in [6.07, 6.45) is 11.5. The Bertz CT molecular complexity index is 2420. The quantitative estimate of drug-likeness (QED) is 0.0865. The Morgan fingerprint density at radius 3 is 1.97 bits per heavy atom. The summed E-state index contributed by atoms with van der Waals surface area (Å²) in [6.45, 7) is 1.23. The third-order valence-corrected chi connectivity index (χ3v) is 13.5. The minimum Gasteiger partial charge on any atom is -0.453 e. The van der Waals surface area contributed by atoms with Gasteiger partial charge in [-0.25, -0.2) is 24.4 Å². The fourth-order valence-electron chi connectivity index (χ4n) is 10.2. The first-order valence-electron chi connectivity index (χ1n) is 21.9. The number of rotatable bonds is 10. The number of carbonyl (C=O) groups excluding carboxylic acids is 4. The van der Waals surface area contributed by atoms with Crippen molar-refractivity contribution in [3.8, 4) is 22.4 Å². The number of nitrogens with one attached hydrogen (secondary N) is 5. The van der Waals surface area contributed by atoms with Crippen LogP contribution < -0.4 is 16.0 Å². The van der Waals surface area contributed by atoms with Crippen LogP contribution in [0, 0.1) is 11.8 Å². The molecule has 2 aliphatic heterocycles. The molecule has 2 saturated heterocycles. The van der Waals surface area contributed by atoms with E-state index in [1.54, 1.807) is 0 Å². The molecule has 16 heteroatoms. The van der Waals surface area contributed by atoms with E-state index in [4.69, 9.17) is 19.4 Å². The SMILES string of the molecule is COC(=O)N[C@H](NC(=O)N1CCC[C@H]1c1nc2ccc(-c3ccc4cc(-c5cnc([C@@H]6CCCN6C(=O)[C@@H](NC(=O)OC)C6CCCC6)[nH]5)ccc4c3)cc2[nH]1)C1CCCC1.Cl. The third kappa shape index (κ3) is 8.77. The number of aromatic nitrogens is 4. The van der Waals surface area contributed by atoms with Gasteiger partial charge in [-0.1, -0.05) is 56.0 Å². The summed E-state index contributed by atoms with van der Waals surface area (Å²) in [4.78, 5) is 72.4. The van der Waals surface area contributed by atoms with Gasteiger partial charge in [0.05, 0.1) is 49.2 Å². The number of carbonyl (C=O) groups is 4. The van der Waals surface area contributed by atoms with Crippen LogP contribution in [0.2, 0.25) is 0 Å². The van der Waals surface area contributed by atoms with Gasteiger partial charge in [-0.3, -0.25) is 4.79 Å². The fraction of sp³-hybridized carbons (Fsp3) is 0.478. The number of halogens is 1. The number of aromatic amines is 2. The molecule has 0 unspecified atom stereocenters. The van der Waals surface area contributed by atoms with Crippen LogP contribution in [-0.2, 0) is 14.3 Å². The van der Waals surface area contributed by atoms with Crippen molar-refractivity contribution in [2.75, 3.05) is 27.3 Å². The molecule has 3 aromatic carbocycles. The average molecular weight is 866 g/mol. The Hall–Kier alpha value is -5.83. The molecule has 328 valence electrons. The number of benzene rings is 3. The number of nitrogens with zero attached hydrogens (tertiary/aromatic N) is 4. The Labute approximate surface area is 366 Å². The molecular weight excluding hydrogens is 810 g/mol. The lowest BCUT2D eigenvalue weighted by atomic mass is 9.96. The lowest BCUT2D eigenvalue weighted by molar-refractivity contribution is -0.135. The number of amides is 5. The zero-order valence-electron chi connectivity index (χ0n) is 35.3. The molecule has 2 aromatic heterocycles. The van der Waals surface area contributed by atoms with Gasteiger partial charge in [-0.2, -0.15) is 0 Å². The maximum atomic E-state index is 14.0.